The number of fused-ring (bicyclic) bond motifs is 9. The molecule has 0 saturated carbocycles. The molecular formula is C105H103F3N28O7. The molecule has 0 aliphatic carbocycles. The van der Waals surface area contributed by atoms with Gasteiger partial charge in [-0.05, 0) is 193 Å². The van der Waals surface area contributed by atoms with Crippen molar-refractivity contribution in [2.45, 2.75) is 67.1 Å². The molecule has 0 amide bonds. The van der Waals surface area contributed by atoms with E-state index >= 15 is 0 Å². The lowest BCUT2D eigenvalue weighted by molar-refractivity contribution is -0.140. The van der Waals surface area contributed by atoms with Gasteiger partial charge in [0, 0.05) is 236 Å². The van der Waals surface area contributed by atoms with E-state index in [0.717, 1.165) is 212 Å². The van der Waals surface area contributed by atoms with E-state index in [1.165, 1.54) is 33.2 Å². The lowest BCUT2D eigenvalue weighted by atomic mass is 10.1. The van der Waals surface area contributed by atoms with Gasteiger partial charge in [-0.3, -0.25) is 55.9 Å². The predicted octanol–water partition coefficient (Wildman–Crippen LogP) is 12.0. The summed E-state index contributed by atoms with van der Waals surface area (Å²) >= 11 is 0. The fourth-order valence-electron chi connectivity index (χ4n) is 18.3. The summed E-state index contributed by atoms with van der Waals surface area (Å²) in [5, 5.41) is 18.0. The van der Waals surface area contributed by atoms with E-state index in [2.05, 4.69) is 94.7 Å². The maximum Gasteiger partial charge on any atom is 0.434 e. The molecule has 20 aromatic rings. The van der Waals surface area contributed by atoms with Crippen LogP contribution in [0.15, 0.2) is 262 Å². The van der Waals surface area contributed by atoms with Gasteiger partial charge in [0.15, 0.2) is 17.2 Å². The number of nitrogens with one attached hydrogen (secondary N) is 4. The number of hydrogen-bond acceptors (Lipinski definition) is 26. The number of anilines is 4. The van der Waals surface area contributed by atoms with E-state index < -0.39 is 11.9 Å². The summed E-state index contributed by atoms with van der Waals surface area (Å²) in [5.41, 5.74) is 22.8. The molecule has 4 aliphatic heterocycles. The van der Waals surface area contributed by atoms with Crippen molar-refractivity contribution in [2.24, 2.45) is 0 Å². The minimum absolute atomic E-state index is 0.0723. The summed E-state index contributed by atoms with van der Waals surface area (Å²) < 4.78 is 64.4. The molecule has 4 aliphatic rings. The Bertz CT molecular complexity index is 8600. The zero-order chi connectivity index (χ0) is 99.0. The molecule has 19 aromatic heterocycles. The van der Waals surface area contributed by atoms with Gasteiger partial charge in [-0.15, -0.1) is 0 Å². The first-order chi connectivity index (χ1) is 69.2. The SMILES string of the molecule is CCc1cn2cc(-c3cc(=O)n4cc(N5CCNCC5)ccc4n3)ccc2n1.COc1ccc(-c2cc(=O)n3cc(-c4ccnc(C)c4)ccc3n2)cc1OC.Cc1cn2nc(-c3cc(=O)n4cc(N5CCN[C@@H](C)C5)ccc4n3)cc2c(C)n1.Cc1nc2ccc(-c3cc(=O)n4cc(N5CCNCC5)ccc4n3)cn2c1C.O=c1cc(-c2ccc3nc(C(F)(F)F)cn3c2)nc2ccc(N3CCNCC3)cn12. The normalized spacial score (nSPS) is 14.6. The molecule has 35 nitrogen and oxygen atoms in total. The summed E-state index contributed by atoms with van der Waals surface area (Å²) in [7, 11) is 3.16. The van der Waals surface area contributed by atoms with Crippen LogP contribution >= 0.6 is 0 Å². The lowest BCUT2D eigenvalue weighted by Crippen LogP contribution is -2.49. The molecule has 4 fully saturated rings. The molecule has 4 saturated heterocycles. The Kier molecular flexibility index (Phi) is 26.2. The molecule has 23 heterocycles. The van der Waals surface area contributed by atoms with Gasteiger partial charge in [-0.1, -0.05) is 6.92 Å². The average molecular weight is 1930 g/mol. The maximum absolute atomic E-state index is 12.9. The second kappa shape index (κ2) is 39.9. The van der Waals surface area contributed by atoms with Crippen LogP contribution in [0, 0.1) is 34.6 Å². The summed E-state index contributed by atoms with van der Waals surface area (Å²) in [5.74, 6) is 1.21. The molecular weight excluding hydrogens is 1820 g/mol. The van der Waals surface area contributed by atoms with Crippen molar-refractivity contribution >= 4 is 73.4 Å². The highest BCUT2D eigenvalue weighted by Crippen LogP contribution is 2.35. The highest BCUT2D eigenvalue weighted by molar-refractivity contribution is 5.73. The number of piperazine rings is 4. The summed E-state index contributed by atoms with van der Waals surface area (Å²) in [6.07, 6.45) is 17.7. The van der Waals surface area contributed by atoms with Gasteiger partial charge in [-0.25, -0.2) is 44.4 Å². The van der Waals surface area contributed by atoms with Crippen LogP contribution in [-0.4, -0.2) is 213 Å². The van der Waals surface area contributed by atoms with Crippen molar-refractivity contribution in [2.75, 3.05) is 132 Å². The number of benzene rings is 1. The van der Waals surface area contributed by atoms with Gasteiger partial charge in [0.25, 0.3) is 27.8 Å². The summed E-state index contributed by atoms with van der Waals surface area (Å²) in [6.45, 7) is 28.0. The van der Waals surface area contributed by atoms with Gasteiger partial charge >= 0.3 is 6.18 Å². The number of aryl methyl sites for hydroxylation is 6. The Morgan fingerprint density at radius 3 is 1.27 bits per heavy atom. The molecule has 0 spiro atoms. The second-order valence-electron chi connectivity index (χ2n) is 35.6. The number of alkyl halides is 3. The number of aromatic nitrogens is 20. The number of hydrogen-bond donors (Lipinski definition) is 4. The fraction of sp³-hybridized carbons (Fsp3) is 0.257. The van der Waals surface area contributed by atoms with Gasteiger partial charge < -0.3 is 63.5 Å². The Labute approximate surface area is 815 Å². The van der Waals surface area contributed by atoms with Crippen LogP contribution in [0.25, 0.3) is 118 Å². The van der Waals surface area contributed by atoms with Crippen molar-refractivity contribution in [3.63, 3.8) is 0 Å². The van der Waals surface area contributed by atoms with Crippen LogP contribution in [0.1, 0.15) is 53.7 Å². The van der Waals surface area contributed by atoms with Crippen LogP contribution in [-0.2, 0) is 12.6 Å². The van der Waals surface area contributed by atoms with Crippen molar-refractivity contribution in [1.29, 1.82) is 0 Å². The zero-order valence-electron chi connectivity index (χ0n) is 80.1. The Hall–Kier alpha value is -16.7. The van der Waals surface area contributed by atoms with Gasteiger partial charge in [0.2, 0.25) is 0 Å². The van der Waals surface area contributed by atoms with Gasteiger partial charge in [0.1, 0.15) is 50.9 Å². The molecule has 0 unspecified atom stereocenters. The third-order valence-corrected chi connectivity index (χ3v) is 25.9. The number of nitrogens with zero attached hydrogens (tertiary/aromatic N) is 24. The second-order valence-corrected chi connectivity index (χ2v) is 35.6. The minimum atomic E-state index is -4.52. The number of ether oxygens (including phenoxy) is 2. The number of halogens is 3. The summed E-state index contributed by atoms with van der Waals surface area (Å²) in [4.78, 5) is 118. The van der Waals surface area contributed by atoms with E-state index in [1.54, 1.807) is 91.3 Å². The Morgan fingerprint density at radius 1 is 0.357 bits per heavy atom. The third kappa shape index (κ3) is 20.0. The van der Waals surface area contributed by atoms with E-state index in [-0.39, 0.29) is 33.4 Å². The van der Waals surface area contributed by atoms with Crippen molar-refractivity contribution < 1.29 is 22.6 Å². The number of imidazole rings is 3. The van der Waals surface area contributed by atoms with Crippen molar-refractivity contribution in [3.8, 4) is 79.0 Å². The smallest absolute Gasteiger partial charge is 0.434 e. The molecule has 0 radical (unpaired) electrons. The average Bonchev–Trinajstić information content (AvgIpc) is 1.61. The molecule has 0 bridgehead atoms. The quantitative estimate of drug-likeness (QED) is 0.0833. The molecule has 726 valence electrons. The van der Waals surface area contributed by atoms with E-state index in [1.807, 2.05) is 196 Å². The van der Waals surface area contributed by atoms with E-state index in [0.29, 0.717) is 85.5 Å². The first-order valence-corrected chi connectivity index (χ1v) is 47.3. The summed E-state index contributed by atoms with van der Waals surface area (Å²) in [6, 6.07) is 49.7. The zero-order valence-corrected chi connectivity index (χ0v) is 80.1. The number of rotatable bonds is 13. The van der Waals surface area contributed by atoms with Crippen LogP contribution in [0.4, 0.5) is 35.9 Å². The highest BCUT2D eigenvalue weighted by atomic mass is 19.4. The molecule has 1 atom stereocenters. The number of pyridine rings is 9. The Balaban J connectivity index is 0.000000109. The van der Waals surface area contributed by atoms with Crippen LogP contribution in [0.5, 0.6) is 11.5 Å². The van der Waals surface area contributed by atoms with Crippen LogP contribution in [0.2, 0.25) is 0 Å². The minimum Gasteiger partial charge on any atom is -0.493 e. The van der Waals surface area contributed by atoms with E-state index in [4.69, 9.17) is 24.4 Å². The third-order valence-electron chi connectivity index (χ3n) is 25.9. The highest BCUT2D eigenvalue weighted by Gasteiger charge is 2.34. The molecule has 38 heteroatoms. The largest absolute Gasteiger partial charge is 0.493 e. The van der Waals surface area contributed by atoms with Crippen LogP contribution in [0.3, 0.4) is 0 Å². The maximum atomic E-state index is 12.9. The fourth-order valence-corrected chi connectivity index (χ4v) is 18.3. The molecule has 143 heavy (non-hydrogen) atoms. The monoisotopic (exact) mass is 1920 g/mol. The molecule has 4 N–H and O–H groups in total. The first-order valence-electron chi connectivity index (χ1n) is 47.3. The topological polar surface area (TPSA) is 346 Å². The Morgan fingerprint density at radius 2 is 0.776 bits per heavy atom. The van der Waals surface area contributed by atoms with Crippen LogP contribution < -0.4 is 78.1 Å². The van der Waals surface area contributed by atoms with Gasteiger partial charge in [-0.2, -0.15) is 18.3 Å². The molecule has 1 aromatic carbocycles. The van der Waals surface area contributed by atoms with Gasteiger partial charge in [0.05, 0.1) is 99.9 Å². The molecule has 24 rings (SSSR count). The van der Waals surface area contributed by atoms with Crippen molar-refractivity contribution in [3.05, 3.63) is 330 Å². The van der Waals surface area contributed by atoms with Crippen molar-refractivity contribution in [1.82, 2.24) is 116 Å². The lowest BCUT2D eigenvalue weighted by Gasteiger charge is -2.33. The first kappa shape index (κ1) is 93.9. The number of methoxy groups -OCH3 is 2. The predicted molar refractivity (Wildman–Crippen MR) is 547 cm³/mol. The standard InChI is InChI=1S/C22H19N3O3.C21H23N7O.2C21H22N6O.C20H17F3N6O/c1-14-10-15(8-9-23-14)17-5-7-21-24-18(12-22(26)25(21)13-17)16-4-6-19(27-2)20(11-16)28-3;1-13-10-26(7-6-22-13)16-4-5-20-24-17(9-21(29)27(20)12-16)18-8-19-15(3)23-14(2)11-28(19)25-18;1-14-15(2)26-12-16(3-5-19(26)23-14)18-11-21(28)27-13-17(4-6-20(27)24-18)25-9-7-22-8-10-25;1-2-16-13-26-12-15(3-5-19(26)23-16)18-11-21(28)27-14-17(4-6-20(27)24-18)25-9-7-22-8-10-25;21-20(22,23)16-12-28-10-13(1-3-17(28)26-16)15-9-19(30)29-11-14(2-4-18(29)25-15)27-7-5-24-6-8-27/h4-13H,1-3H3;4-5,8-9,11-13,22H,6-7,10H2,1-3H3;3-6,11-13,22H,7-10H2,1-2H3;3-6,11-14,22H,2,7-10H2,1H3;1-4,9-12,24H,5-8H2/t;13-;;;/m.0.../s1. The van der Waals surface area contributed by atoms with E-state index in [9.17, 15) is 37.1 Å².